The first-order valence-electron chi connectivity index (χ1n) is 8.45. The molecule has 0 aromatic rings. The van der Waals surface area contributed by atoms with E-state index in [0.29, 0.717) is 17.9 Å². The fourth-order valence-corrected chi connectivity index (χ4v) is 2.93. The predicted octanol–water partition coefficient (Wildman–Crippen LogP) is 3.15. The van der Waals surface area contributed by atoms with Crippen molar-refractivity contribution in [1.82, 2.24) is 10.2 Å². The zero-order valence-corrected chi connectivity index (χ0v) is 14.5. The molecule has 0 aliphatic carbocycles. The minimum Gasteiger partial charge on any atom is -0.381 e. The molecule has 1 heterocycles. The molecule has 3 heteroatoms. The fourth-order valence-electron chi connectivity index (χ4n) is 2.93. The van der Waals surface area contributed by atoms with Crippen LogP contribution in [0.25, 0.3) is 0 Å². The molecule has 1 saturated heterocycles. The maximum Gasteiger partial charge on any atom is 0.0489 e. The summed E-state index contributed by atoms with van der Waals surface area (Å²) in [6, 6.07) is 0.666. The summed E-state index contributed by atoms with van der Waals surface area (Å²) in [6.45, 7) is 19.0. The van der Waals surface area contributed by atoms with Crippen LogP contribution >= 0.6 is 0 Å². The average molecular weight is 284 g/mol. The lowest BCUT2D eigenvalue weighted by atomic mass is 9.90. The highest BCUT2D eigenvalue weighted by Crippen LogP contribution is 2.22. The molecule has 20 heavy (non-hydrogen) atoms. The molecule has 1 aliphatic rings. The molecule has 0 radical (unpaired) electrons. The van der Waals surface area contributed by atoms with Gasteiger partial charge in [-0.3, -0.25) is 4.90 Å². The van der Waals surface area contributed by atoms with E-state index in [-0.39, 0.29) is 5.54 Å². The molecular formula is C17H36N2O. The van der Waals surface area contributed by atoms with Crippen molar-refractivity contribution in [2.24, 2.45) is 11.8 Å². The highest BCUT2D eigenvalue weighted by molar-refractivity contribution is 4.95. The molecule has 0 saturated carbocycles. The minimum atomic E-state index is 0.282. The monoisotopic (exact) mass is 284 g/mol. The fraction of sp³-hybridized carbons (Fsp3) is 1.00. The van der Waals surface area contributed by atoms with Crippen LogP contribution in [0.5, 0.6) is 0 Å². The van der Waals surface area contributed by atoms with Crippen molar-refractivity contribution in [3.8, 4) is 0 Å². The topological polar surface area (TPSA) is 24.5 Å². The number of hydrogen-bond acceptors (Lipinski definition) is 3. The van der Waals surface area contributed by atoms with E-state index in [1.807, 2.05) is 0 Å². The van der Waals surface area contributed by atoms with Crippen LogP contribution in [0.15, 0.2) is 0 Å². The number of nitrogens with zero attached hydrogens (tertiary/aromatic N) is 1. The van der Waals surface area contributed by atoms with Gasteiger partial charge >= 0.3 is 0 Å². The molecule has 1 fully saturated rings. The van der Waals surface area contributed by atoms with Gasteiger partial charge < -0.3 is 10.1 Å². The Morgan fingerprint density at radius 2 is 2.00 bits per heavy atom. The Bertz CT molecular complexity index is 268. The van der Waals surface area contributed by atoms with E-state index in [1.165, 1.54) is 6.42 Å². The second-order valence-electron chi connectivity index (χ2n) is 7.40. The second kappa shape index (κ2) is 8.35. The maximum atomic E-state index is 5.72. The predicted molar refractivity (Wildman–Crippen MR) is 87.2 cm³/mol. The van der Waals surface area contributed by atoms with E-state index in [2.05, 4.69) is 51.8 Å². The molecule has 120 valence electrons. The van der Waals surface area contributed by atoms with Gasteiger partial charge in [0.15, 0.2) is 0 Å². The zero-order valence-electron chi connectivity index (χ0n) is 14.5. The zero-order chi connectivity index (χ0) is 15.2. The molecular weight excluding hydrogens is 248 g/mol. The molecule has 0 spiro atoms. The second-order valence-corrected chi connectivity index (χ2v) is 7.40. The van der Waals surface area contributed by atoms with Gasteiger partial charge in [-0.1, -0.05) is 34.6 Å². The number of piperazine rings is 1. The van der Waals surface area contributed by atoms with Crippen LogP contribution in [0.3, 0.4) is 0 Å². The van der Waals surface area contributed by atoms with Crippen molar-refractivity contribution < 1.29 is 4.74 Å². The summed E-state index contributed by atoms with van der Waals surface area (Å²) >= 11 is 0. The van der Waals surface area contributed by atoms with Gasteiger partial charge in [-0.25, -0.2) is 0 Å². The van der Waals surface area contributed by atoms with Crippen LogP contribution in [0.2, 0.25) is 0 Å². The number of nitrogens with one attached hydrogen (secondary N) is 1. The molecule has 0 bridgehead atoms. The Morgan fingerprint density at radius 3 is 2.55 bits per heavy atom. The SMILES string of the molecule is CCC1(C)CN(CCCOCC(C)C)C(C(C)C)CN1. The largest absolute Gasteiger partial charge is 0.381 e. The lowest BCUT2D eigenvalue weighted by Gasteiger charge is -2.47. The Kier molecular flexibility index (Phi) is 7.49. The maximum absolute atomic E-state index is 5.72. The van der Waals surface area contributed by atoms with Crippen LogP contribution in [-0.2, 0) is 4.74 Å². The normalized spacial score (nSPS) is 28.5. The smallest absolute Gasteiger partial charge is 0.0489 e. The summed E-state index contributed by atoms with van der Waals surface area (Å²) in [7, 11) is 0. The van der Waals surface area contributed by atoms with Gasteiger partial charge in [0.05, 0.1) is 0 Å². The van der Waals surface area contributed by atoms with Crippen molar-refractivity contribution in [3.63, 3.8) is 0 Å². The summed E-state index contributed by atoms with van der Waals surface area (Å²) < 4.78 is 5.72. The first kappa shape index (κ1) is 17.9. The molecule has 0 amide bonds. The summed E-state index contributed by atoms with van der Waals surface area (Å²) in [5.74, 6) is 1.35. The summed E-state index contributed by atoms with van der Waals surface area (Å²) in [6.07, 6.45) is 2.34. The van der Waals surface area contributed by atoms with Gasteiger partial charge in [-0.15, -0.1) is 0 Å². The number of ether oxygens (including phenoxy) is 1. The number of hydrogen-bond donors (Lipinski definition) is 1. The lowest BCUT2D eigenvalue weighted by molar-refractivity contribution is 0.0444. The van der Waals surface area contributed by atoms with Gasteiger partial charge in [0.25, 0.3) is 0 Å². The van der Waals surface area contributed by atoms with Crippen molar-refractivity contribution in [2.75, 3.05) is 32.8 Å². The van der Waals surface area contributed by atoms with Crippen molar-refractivity contribution >= 4 is 0 Å². The first-order chi connectivity index (χ1) is 9.38. The molecule has 0 aromatic heterocycles. The third-order valence-electron chi connectivity index (χ3n) is 4.49. The van der Waals surface area contributed by atoms with E-state index in [4.69, 9.17) is 4.74 Å². The van der Waals surface area contributed by atoms with Gasteiger partial charge in [0.1, 0.15) is 0 Å². The van der Waals surface area contributed by atoms with Crippen LogP contribution in [-0.4, -0.2) is 49.3 Å². The van der Waals surface area contributed by atoms with E-state index < -0.39 is 0 Å². The third kappa shape index (κ3) is 5.71. The standard InChI is InChI=1S/C17H36N2O/c1-7-17(6)13-19(16(11-18-17)15(4)5)9-8-10-20-12-14(2)3/h14-16,18H,7-13H2,1-6H3. The first-order valence-corrected chi connectivity index (χ1v) is 8.45. The van der Waals surface area contributed by atoms with E-state index >= 15 is 0 Å². The van der Waals surface area contributed by atoms with E-state index in [1.54, 1.807) is 0 Å². The molecule has 1 rings (SSSR count). The molecule has 2 atom stereocenters. The van der Waals surface area contributed by atoms with Crippen molar-refractivity contribution in [2.45, 2.75) is 66.0 Å². The molecule has 3 nitrogen and oxygen atoms in total. The summed E-state index contributed by atoms with van der Waals surface area (Å²) in [5, 5.41) is 3.75. The van der Waals surface area contributed by atoms with Crippen LogP contribution < -0.4 is 5.32 Å². The Labute approximate surface area is 126 Å². The molecule has 1 N–H and O–H groups in total. The van der Waals surface area contributed by atoms with E-state index in [0.717, 1.165) is 39.3 Å². The van der Waals surface area contributed by atoms with Crippen LogP contribution in [0.1, 0.15) is 54.4 Å². The summed E-state index contributed by atoms with van der Waals surface area (Å²) in [4.78, 5) is 2.68. The van der Waals surface area contributed by atoms with E-state index in [9.17, 15) is 0 Å². The van der Waals surface area contributed by atoms with Gasteiger partial charge in [0, 0.05) is 44.4 Å². The molecule has 1 aliphatic heterocycles. The Hall–Kier alpha value is -0.120. The highest BCUT2D eigenvalue weighted by atomic mass is 16.5. The quantitative estimate of drug-likeness (QED) is 0.693. The van der Waals surface area contributed by atoms with Gasteiger partial charge in [-0.2, -0.15) is 0 Å². The molecule has 0 aromatic carbocycles. The Balaban J connectivity index is 2.40. The summed E-state index contributed by atoms with van der Waals surface area (Å²) in [5.41, 5.74) is 0.282. The highest BCUT2D eigenvalue weighted by Gasteiger charge is 2.35. The van der Waals surface area contributed by atoms with Crippen molar-refractivity contribution in [3.05, 3.63) is 0 Å². The van der Waals surface area contributed by atoms with Crippen molar-refractivity contribution in [1.29, 1.82) is 0 Å². The van der Waals surface area contributed by atoms with Crippen LogP contribution in [0.4, 0.5) is 0 Å². The third-order valence-corrected chi connectivity index (χ3v) is 4.49. The minimum absolute atomic E-state index is 0.282. The molecule has 2 unspecified atom stereocenters. The van der Waals surface area contributed by atoms with Gasteiger partial charge in [-0.05, 0) is 31.6 Å². The Morgan fingerprint density at radius 1 is 1.30 bits per heavy atom. The lowest BCUT2D eigenvalue weighted by Crippen LogP contribution is -2.64. The van der Waals surface area contributed by atoms with Gasteiger partial charge in [0.2, 0.25) is 0 Å². The average Bonchev–Trinajstić information content (AvgIpc) is 2.37. The number of rotatable bonds is 8. The van der Waals surface area contributed by atoms with Crippen LogP contribution in [0, 0.1) is 11.8 Å².